The lowest BCUT2D eigenvalue weighted by atomic mass is 9.91. The zero-order valence-corrected chi connectivity index (χ0v) is 29.5. The predicted molar refractivity (Wildman–Crippen MR) is 200 cm³/mol. The van der Waals surface area contributed by atoms with E-state index in [9.17, 15) is 19.7 Å². The highest BCUT2D eigenvalue weighted by atomic mass is 32.1. The minimum atomic E-state index is -0.761. The molecule has 6 aromatic rings. The van der Waals surface area contributed by atoms with Crippen molar-refractivity contribution in [2.24, 2.45) is 4.99 Å². The number of carbonyl (C=O) groups is 1. The smallest absolute Gasteiger partial charge is 0.338 e. The maximum atomic E-state index is 14.6. The fourth-order valence-electron chi connectivity index (χ4n) is 6.70. The highest BCUT2D eigenvalue weighted by Gasteiger charge is 2.35. The summed E-state index contributed by atoms with van der Waals surface area (Å²) in [5.74, 6) is -0.204. The topological polar surface area (TPSA) is 109 Å². The quantitative estimate of drug-likeness (QED) is 0.0897. The van der Waals surface area contributed by atoms with Crippen molar-refractivity contribution in [2.45, 2.75) is 46.2 Å². The monoisotopic (exact) mass is 696 g/mol. The number of nitrogens with zero attached hydrogens (tertiary/aromatic N) is 4. The molecule has 2 aromatic heterocycles. The van der Waals surface area contributed by atoms with E-state index in [1.54, 1.807) is 23.6 Å². The average molecular weight is 697 g/mol. The molecule has 3 heterocycles. The lowest BCUT2D eigenvalue weighted by molar-refractivity contribution is -0.384. The molecule has 0 saturated carbocycles. The Kier molecular flexibility index (Phi) is 9.10. The van der Waals surface area contributed by atoms with Crippen LogP contribution in [0.4, 0.5) is 5.69 Å². The molecule has 1 aliphatic rings. The Morgan fingerprint density at radius 2 is 1.67 bits per heavy atom. The molecule has 0 amide bonds. The molecule has 1 atom stereocenters. The van der Waals surface area contributed by atoms with E-state index in [1.807, 2.05) is 91.9 Å². The Balaban J connectivity index is 1.44. The summed E-state index contributed by atoms with van der Waals surface area (Å²) in [7, 11) is 0. The van der Waals surface area contributed by atoms with Gasteiger partial charge in [-0.1, -0.05) is 110 Å². The van der Waals surface area contributed by atoms with Gasteiger partial charge in [-0.3, -0.25) is 19.5 Å². The van der Waals surface area contributed by atoms with E-state index in [0.29, 0.717) is 33.1 Å². The molecule has 0 aliphatic carbocycles. The summed E-state index contributed by atoms with van der Waals surface area (Å²) in [5, 5.41) is 12.2. The van der Waals surface area contributed by atoms with Gasteiger partial charge in [-0.25, -0.2) is 9.79 Å². The SMILES string of the molecule is CCOC(=O)C1=C(c2ccccc2)N=c2s/c(=C\c3c(C)n(Cc4ccc([N+](=O)[O-])cc4)c4ccccc34)c(=O)n2[C@@H]1c1ccc(C(C)C)cc1. The van der Waals surface area contributed by atoms with E-state index in [2.05, 4.69) is 18.4 Å². The van der Waals surface area contributed by atoms with Crippen molar-refractivity contribution in [3.8, 4) is 0 Å². The molecule has 256 valence electrons. The number of esters is 1. The van der Waals surface area contributed by atoms with Crippen LogP contribution in [-0.2, 0) is 16.1 Å². The Morgan fingerprint density at radius 3 is 2.33 bits per heavy atom. The van der Waals surface area contributed by atoms with Gasteiger partial charge in [-0.2, -0.15) is 0 Å². The number of hydrogen-bond donors (Lipinski definition) is 0. The van der Waals surface area contributed by atoms with Gasteiger partial charge in [0.25, 0.3) is 11.2 Å². The number of nitro benzene ring substituents is 1. The molecule has 0 N–H and O–H groups in total. The van der Waals surface area contributed by atoms with Crippen LogP contribution in [0.25, 0.3) is 22.7 Å². The second kappa shape index (κ2) is 13.8. The lowest BCUT2D eigenvalue weighted by Gasteiger charge is -2.26. The highest BCUT2D eigenvalue weighted by Crippen LogP contribution is 2.36. The number of thiazole rings is 1. The van der Waals surface area contributed by atoms with Crippen LogP contribution in [0.3, 0.4) is 0 Å². The number of rotatable bonds is 9. The van der Waals surface area contributed by atoms with Gasteiger partial charge in [0.15, 0.2) is 4.80 Å². The zero-order chi connectivity index (χ0) is 35.8. The van der Waals surface area contributed by atoms with Crippen LogP contribution in [-0.4, -0.2) is 26.6 Å². The van der Waals surface area contributed by atoms with Gasteiger partial charge in [-0.15, -0.1) is 0 Å². The van der Waals surface area contributed by atoms with Gasteiger partial charge in [0, 0.05) is 46.4 Å². The number of carbonyl (C=O) groups excluding carboxylic acids is 1. The molecule has 1 aliphatic heterocycles. The van der Waals surface area contributed by atoms with Crippen LogP contribution in [0, 0.1) is 17.0 Å². The predicted octanol–water partition coefficient (Wildman–Crippen LogP) is 7.28. The number of nitro groups is 1. The zero-order valence-electron chi connectivity index (χ0n) is 28.7. The van der Waals surface area contributed by atoms with Gasteiger partial charge < -0.3 is 9.30 Å². The number of hydrogen-bond acceptors (Lipinski definition) is 7. The van der Waals surface area contributed by atoms with Crippen molar-refractivity contribution in [3.05, 3.63) is 172 Å². The summed E-state index contributed by atoms with van der Waals surface area (Å²) >= 11 is 1.29. The summed E-state index contributed by atoms with van der Waals surface area (Å²) in [6.07, 6.45) is 1.92. The molecule has 0 fully saturated rings. The maximum absolute atomic E-state index is 14.6. The minimum absolute atomic E-state index is 0.0413. The van der Waals surface area contributed by atoms with Crippen LogP contribution < -0.4 is 14.9 Å². The summed E-state index contributed by atoms with van der Waals surface area (Å²) < 4.78 is 9.90. The van der Waals surface area contributed by atoms with Crippen molar-refractivity contribution >= 4 is 45.7 Å². The first-order valence-electron chi connectivity index (χ1n) is 16.9. The van der Waals surface area contributed by atoms with Crippen LogP contribution in [0.5, 0.6) is 0 Å². The van der Waals surface area contributed by atoms with Crippen LogP contribution in [0.15, 0.2) is 118 Å². The largest absolute Gasteiger partial charge is 0.463 e. The van der Waals surface area contributed by atoms with E-state index < -0.39 is 16.9 Å². The molecular weight excluding hydrogens is 661 g/mol. The Labute approximate surface area is 298 Å². The second-order valence-corrected chi connectivity index (χ2v) is 13.8. The first-order valence-corrected chi connectivity index (χ1v) is 17.7. The molecule has 51 heavy (non-hydrogen) atoms. The average Bonchev–Trinajstić information content (AvgIpc) is 3.59. The fourth-order valence-corrected chi connectivity index (χ4v) is 7.68. The molecule has 4 aromatic carbocycles. The first-order chi connectivity index (χ1) is 24.7. The van der Waals surface area contributed by atoms with E-state index >= 15 is 0 Å². The third kappa shape index (κ3) is 6.23. The third-order valence-electron chi connectivity index (χ3n) is 9.34. The standard InChI is InChI=1S/C41H36N4O5S/c1-5-50-40(47)36-37(29-11-7-6-8-12-29)42-41-44(38(36)30-19-17-28(18-20-30)25(2)3)39(46)35(51-41)23-33-26(4)43(34-14-10-9-13-32(33)34)24-27-15-21-31(22-16-27)45(48)49/h6-23,25,38H,5,24H2,1-4H3/b35-23-/t38-/m1/s1. The normalized spacial score (nSPS) is 14.5. The van der Waals surface area contributed by atoms with Crippen molar-refractivity contribution < 1.29 is 14.5 Å². The Morgan fingerprint density at radius 1 is 0.980 bits per heavy atom. The van der Waals surface area contributed by atoms with E-state index in [0.717, 1.165) is 44.4 Å². The molecular formula is C41H36N4O5S. The molecule has 0 bridgehead atoms. The van der Waals surface area contributed by atoms with Crippen molar-refractivity contribution in [1.29, 1.82) is 0 Å². The van der Waals surface area contributed by atoms with Crippen molar-refractivity contribution in [3.63, 3.8) is 0 Å². The Bertz CT molecular complexity index is 2510. The summed E-state index contributed by atoms with van der Waals surface area (Å²) in [6, 6.07) is 31.4. The van der Waals surface area contributed by atoms with Gasteiger partial charge in [-0.05, 0) is 48.6 Å². The maximum Gasteiger partial charge on any atom is 0.338 e. The van der Waals surface area contributed by atoms with Crippen LogP contribution in [0.2, 0.25) is 0 Å². The van der Waals surface area contributed by atoms with Crippen LogP contribution in [0.1, 0.15) is 66.2 Å². The van der Waals surface area contributed by atoms with Crippen molar-refractivity contribution in [1.82, 2.24) is 9.13 Å². The molecule has 0 radical (unpaired) electrons. The third-order valence-corrected chi connectivity index (χ3v) is 10.3. The fraction of sp³-hybridized carbons (Fsp3) is 0.195. The van der Waals surface area contributed by atoms with Gasteiger partial charge in [0.05, 0.1) is 33.4 Å². The first kappa shape index (κ1) is 33.6. The molecule has 9 nitrogen and oxygen atoms in total. The van der Waals surface area contributed by atoms with Crippen LogP contribution >= 0.6 is 11.3 Å². The van der Waals surface area contributed by atoms with Gasteiger partial charge in [0.1, 0.15) is 0 Å². The second-order valence-electron chi connectivity index (χ2n) is 12.8. The molecule has 0 unspecified atom stereocenters. The molecule has 7 rings (SSSR count). The van der Waals surface area contributed by atoms with Crippen molar-refractivity contribution in [2.75, 3.05) is 6.61 Å². The van der Waals surface area contributed by atoms with E-state index in [-0.39, 0.29) is 17.9 Å². The van der Waals surface area contributed by atoms with Gasteiger partial charge >= 0.3 is 5.97 Å². The molecule has 0 saturated heterocycles. The Hall–Kier alpha value is -5.87. The van der Waals surface area contributed by atoms with E-state index in [4.69, 9.17) is 9.73 Å². The summed E-state index contributed by atoms with van der Waals surface area (Å²) in [6.45, 7) is 8.70. The number of aromatic nitrogens is 2. The number of para-hydroxylation sites is 1. The minimum Gasteiger partial charge on any atom is -0.463 e. The number of ether oxygens (including phenoxy) is 1. The molecule has 10 heteroatoms. The number of non-ortho nitro benzene ring substituents is 1. The molecule has 0 spiro atoms. The number of fused-ring (bicyclic) bond motifs is 2. The summed E-state index contributed by atoms with van der Waals surface area (Å²) in [4.78, 5) is 44.8. The number of benzene rings is 4. The summed E-state index contributed by atoms with van der Waals surface area (Å²) in [5.41, 5.74) is 7.01. The highest BCUT2D eigenvalue weighted by molar-refractivity contribution is 7.07. The lowest BCUT2D eigenvalue weighted by Crippen LogP contribution is -2.40. The van der Waals surface area contributed by atoms with E-state index in [1.165, 1.54) is 23.5 Å². The van der Waals surface area contributed by atoms with Gasteiger partial charge in [0.2, 0.25) is 0 Å².